The van der Waals surface area contributed by atoms with Gasteiger partial charge in [0.15, 0.2) is 0 Å². The van der Waals surface area contributed by atoms with Crippen LogP contribution in [0, 0.1) is 0 Å². The molecule has 1 unspecified atom stereocenters. The highest BCUT2D eigenvalue weighted by Crippen LogP contribution is 2.24. The summed E-state index contributed by atoms with van der Waals surface area (Å²) in [6.45, 7) is 4.92. The van der Waals surface area contributed by atoms with E-state index in [2.05, 4.69) is 19.9 Å². The number of nitrogens with two attached hydrogens (primary N) is 1. The first-order valence-corrected chi connectivity index (χ1v) is 5.20. The molecule has 0 fully saturated rings. The summed E-state index contributed by atoms with van der Waals surface area (Å²) < 4.78 is 0. The molecule has 1 aromatic carbocycles. The van der Waals surface area contributed by atoms with Crippen LogP contribution in [0.25, 0.3) is 0 Å². The van der Waals surface area contributed by atoms with Crippen molar-refractivity contribution in [1.82, 2.24) is 0 Å². The van der Waals surface area contributed by atoms with Crippen molar-refractivity contribution >= 4 is 0 Å². The molecule has 0 saturated carbocycles. The standard InChI is InChI=1S/C12H19NO/c1-3-10-6-11(8-12(14)7-10)9(2)4-5-13/h6-9,14H,3-5,13H2,1-2H3. The van der Waals surface area contributed by atoms with Gasteiger partial charge in [-0.2, -0.15) is 0 Å². The molecule has 2 heteroatoms. The second-order valence-electron chi connectivity index (χ2n) is 3.76. The summed E-state index contributed by atoms with van der Waals surface area (Å²) in [5.41, 5.74) is 7.88. The maximum Gasteiger partial charge on any atom is 0.116 e. The minimum atomic E-state index is 0.364. The number of hydrogen-bond acceptors (Lipinski definition) is 2. The highest BCUT2D eigenvalue weighted by Gasteiger charge is 2.06. The first kappa shape index (κ1) is 11.1. The van der Waals surface area contributed by atoms with E-state index in [-0.39, 0.29) is 0 Å². The Bertz CT molecular complexity index is 296. The van der Waals surface area contributed by atoms with Gasteiger partial charge in [-0.05, 0) is 48.6 Å². The van der Waals surface area contributed by atoms with E-state index in [1.807, 2.05) is 12.1 Å². The summed E-state index contributed by atoms with van der Waals surface area (Å²) in [6, 6.07) is 5.80. The lowest BCUT2D eigenvalue weighted by Gasteiger charge is -2.12. The van der Waals surface area contributed by atoms with Crippen LogP contribution in [0.1, 0.15) is 37.3 Å². The number of benzene rings is 1. The van der Waals surface area contributed by atoms with Gasteiger partial charge in [-0.25, -0.2) is 0 Å². The number of rotatable bonds is 4. The fourth-order valence-electron chi connectivity index (χ4n) is 1.61. The van der Waals surface area contributed by atoms with Gasteiger partial charge in [-0.1, -0.05) is 19.9 Å². The van der Waals surface area contributed by atoms with Crippen LogP contribution in [0.4, 0.5) is 0 Å². The molecular weight excluding hydrogens is 174 g/mol. The van der Waals surface area contributed by atoms with Crippen molar-refractivity contribution in [2.45, 2.75) is 32.6 Å². The lowest BCUT2D eigenvalue weighted by Crippen LogP contribution is -2.04. The van der Waals surface area contributed by atoms with Crippen LogP contribution >= 0.6 is 0 Å². The van der Waals surface area contributed by atoms with Crippen molar-refractivity contribution in [3.8, 4) is 5.75 Å². The van der Waals surface area contributed by atoms with E-state index in [4.69, 9.17) is 5.73 Å². The summed E-state index contributed by atoms with van der Waals surface area (Å²) in [6.07, 6.45) is 1.92. The zero-order valence-corrected chi connectivity index (χ0v) is 8.96. The largest absolute Gasteiger partial charge is 0.508 e. The minimum absolute atomic E-state index is 0.364. The second-order valence-corrected chi connectivity index (χ2v) is 3.76. The monoisotopic (exact) mass is 193 g/mol. The zero-order valence-electron chi connectivity index (χ0n) is 8.96. The van der Waals surface area contributed by atoms with Crippen molar-refractivity contribution in [2.24, 2.45) is 5.73 Å². The van der Waals surface area contributed by atoms with Crippen LogP contribution in [0.5, 0.6) is 5.75 Å². The van der Waals surface area contributed by atoms with E-state index < -0.39 is 0 Å². The van der Waals surface area contributed by atoms with Crippen molar-refractivity contribution in [2.75, 3.05) is 6.54 Å². The van der Waals surface area contributed by atoms with E-state index >= 15 is 0 Å². The molecule has 1 rings (SSSR count). The van der Waals surface area contributed by atoms with Crippen LogP contribution in [-0.4, -0.2) is 11.7 Å². The maximum atomic E-state index is 9.51. The molecule has 1 atom stereocenters. The quantitative estimate of drug-likeness (QED) is 0.771. The second kappa shape index (κ2) is 5.01. The van der Waals surface area contributed by atoms with E-state index in [9.17, 15) is 5.11 Å². The molecule has 3 N–H and O–H groups in total. The third-order valence-electron chi connectivity index (χ3n) is 2.58. The Hall–Kier alpha value is -1.02. The van der Waals surface area contributed by atoms with E-state index in [0.717, 1.165) is 12.8 Å². The Morgan fingerprint density at radius 2 is 2.07 bits per heavy atom. The lowest BCUT2D eigenvalue weighted by atomic mass is 9.95. The number of phenolic OH excluding ortho intramolecular Hbond substituents is 1. The average Bonchev–Trinajstić information content (AvgIpc) is 2.17. The number of aromatic hydroxyl groups is 1. The Labute approximate surface area is 85.8 Å². The molecule has 0 radical (unpaired) electrons. The van der Waals surface area contributed by atoms with Gasteiger partial charge in [-0.15, -0.1) is 0 Å². The Balaban J connectivity index is 2.90. The summed E-state index contributed by atoms with van der Waals surface area (Å²) in [5, 5.41) is 9.51. The van der Waals surface area contributed by atoms with E-state index in [1.165, 1.54) is 11.1 Å². The van der Waals surface area contributed by atoms with Gasteiger partial charge < -0.3 is 10.8 Å². The molecule has 0 aliphatic heterocycles. The first-order chi connectivity index (χ1) is 6.67. The van der Waals surface area contributed by atoms with Crippen LogP contribution in [0.2, 0.25) is 0 Å². The van der Waals surface area contributed by atoms with Crippen molar-refractivity contribution in [3.63, 3.8) is 0 Å². The zero-order chi connectivity index (χ0) is 10.6. The molecule has 0 aliphatic rings. The van der Waals surface area contributed by atoms with Gasteiger partial charge in [0.1, 0.15) is 5.75 Å². The van der Waals surface area contributed by atoms with Crippen LogP contribution in [0.3, 0.4) is 0 Å². The summed E-state index contributed by atoms with van der Waals surface area (Å²) in [4.78, 5) is 0. The molecular formula is C12H19NO. The van der Waals surface area contributed by atoms with Crippen LogP contribution in [0.15, 0.2) is 18.2 Å². The third-order valence-corrected chi connectivity index (χ3v) is 2.58. The fraction of sp³-hybridized carbons (Fsp3) is 0.500. The highest BCUT2D eigenvalue weighted by molar-refractivity contribution is 5.35. The molecule has 0 aliphatic carbocycles. The molecule has 0 amide bonds. The highest BCUT2D eigenvalue weighted by atomic mass is 16.3. The normalized spacial score (nSPS) is 12.8. The van der Waals surface area contributed by atoms with Gasteiger partial charge in [-0.3, -0.25) is 0 Å². The fourth-order valence-corrected chi connectivity index (χ4v) is 1.61. The molecule has 0 heterocycles. The maximum absolute atomic E-state index is 9.51. The lowest BCUT2D eigenvalue weighted by molar-refractivity contribution is 0.472. The SMILES string of the molecule is CCc1cc(O)cc(C(C)CCN)c1. The Morgan fingerprint density at radius 3 is 2.64 bits per heavy atom. The van der Waals surface area contributed by atoms with Crippen molar-refractivity contribution in [3.05, 3.63) is 29.3 Å². The Morgan fingerprint density at radius 1 is 1.36 bits per heavy atom. The molecule has 0 saturated heterocycles. The van der Waals surface area contributed by atoms with Gasteiger partial charge in [0.2, 0.25) is 0 Å². The van der Waals surface area contributed by atoms with Gasteiger partial charge >= 0.3 is 0 Å². The Kier molecular flexibility index (Phi) is 3.96. The van der Waals surface area contributed by atoms with Gasteiger partial charge in [0, 0.05) is 0 Å². The minimum Gasteiger partial charge on any atom is -0.508 e. The van der Waals surface area contributed by atoms with Crippen LogP contribution in [-0.2, 0) is 6.42 Å². The first-order valence-electron chi connectivity index (χ1n) is 5.20. The van der Waals surface area contributed by atoms with Gasteiger partial charge in [0.25, 0.3) is 0 Å². The molecule has 0 spiro atoms. The average molecular weight is 193 g/mol. The molecule has 78 valence electrons. The molecule has 14 heavy (non-hydrogen) atoms. The molecule has 0 bridgehead atoms. The van der Waals surface area contributed by atoms with E-state index in [1.54, 1.807) is 0 Å². The summed E-state index contributed by atoms with van der Waals surface area (Å²) >= 11 is 0. The van der Waals surface area contributed by atoms with Gasteiger partial charge in [0.05, 0.1) is 0 Å². The topological polar surface area (TPSA) is 46.2 Å². The predicted octanol–water partition coefficient (Wildman–Crippen LogP) is 2.41. The number of phenols is 1. The summed E-state index contributed by atoms with van der Waals surface area (Å²) in [5.74, 6) is 0.792. The molecule has 2 nitrogen and oxygen atoms in total. The van der Waals surface area contributed by atoms with Crippen molar-refractivity contribution in [1.29, 1.82) is 0 Å². The number of aryl methyl sites for hydroxylation is 1. The number of hydrogen-bond donors (Lipinski definition) is 2. The smallest absolute Gasteiger partial charge is 0.116 e. The van der Waals surface area contributed by atoms with E-state index in [0.29, 0.717) is 18.2 Å². The molecule has 0 aromatic heterocycles. The van der Waals surface area contributed by atoms with Crippen molar-refractivity contribution < 1.29 is 5.11 Å². The predicted molar refractivity (Wildman–Crippen MR) is 59.6 cm³/mol. The molecule has 1 aromatic rings. The van der Waals surface area contributed by atoms with Crippen LogP contribution < -0.4 is 5.73 Å². The third kappa shape index (κ3) is 2.74. The summed E-state index contributed by atoms with van der Waals surface area (Å²) in [7, 11) is 0.